The number of halogens is 1. The Morgan fingerprint density at radius 1 is 1.08 bits per heavy atom. The van der Waals surface area contributed by atoms with Crippen molar-refractivity contribution in [2.24, 2.45) is 0 Å². The van der Waals surface area contributed by atoms with Crippen LogP contribution in [0.1, 0.15) is 18.4 Å². The molecule has 5 heteroatoms. The fraction of sp³-hybridized carbons (Fsp3) is 0.190. The molecule has 3 aromatic rings. The quantitative estimate of drug-likeness (QED) is 0.705. The molecular formula is C21H20FN3O. The molecule has 1 fully saturated rings. The molecule has 4 rings (SSSR count). The van der Waals surface area contributed by atoms with Crippen LogP contribution in [0.4, 0.5) is 14.9 Å². The van der Waals surface area contributed by atoms with Crippen LogP contribution in [-0.2, 0) is 6.54 Å². The zero-order chi connectivity index (χ0) is 17.9. The predicted octanol–water partition coefficient (Wildman–Crippen LogP) is 4.81. The van der Waals surface area contributed by atoms with E-state index in [0.717, 1.165) is 29.8 Å². The van der Waals surface area contributed by atoms with E-state index in [4.69, 9.17) is 0 Å². The van der Waals surface area contributed by atoms with Crippen LogP contribution in [0.25, 0.3) is 5.69 Å². The third-order valence-electron chi connectivity index (χ3n) is 4.49. The molecule has 0 bridgehead atoms. The van der Waals surface area contributed by atoms with E-state index in [1.807, 2.05) is 59.4 Å². The molecule has 0 saturated heterocycles. The molecule has 132 valence electrons. The van der Waals surface area contributed by atoms with Gasteiger partial charge in [-0.2, -0.15) is 0 Å². The number of rotatable bonds is 5. The van der Waals surface area contributed by atoms with Crippen LogP contribution in [0.15, 0.2) is 73.1 Å². The van der Waals surface area contributed by atoms with E-state index < -0.39 is 0 Å². The van der Waals surface area contributed by atoms with Gasteiger partial charge in [0.25, 0.3) is 0 Å². The maximum atomic E-state index is 13.4. The molecule has 1 aromatic heterocycles. The van der Waals surface area contributed by atoms with Crippen LogP contribution < -0.4 is 5.32 Å². The summed E-state index contributed by atoms with van der Waals surface area (Å²) in [6.45, 7) is 0.408. The highest BCUT2D eigenvalue weighted by atomic mass is 19.1. The van der Waals surface area contributed by atoms with E-state index in [1.165, 1.54) is 12.1 Å². The number of anilines is 1. The van der Waals surface area contributed by atoms with Crippen molar-refractivity contribution in [1.82, 2.24) is 9.47 Å². The second-order valence-electron chi connectivity index (χ2n) is 6.56. The summed E-state index contributed by atoms with van der Waals surface area (Å²) in [5, 5.41) is 2.98. The Morgan fingerprint density at radius 3 is 2.58 bits per heavy atom. The summed E-state index contributed by atoms with van der Waals surface area (Å²) in [7, 11) is 0. The van der Waals surface area contributed by atoms with Crippen molar-refractivity contribution in [2.75, 3.05) is 5.32 Å². The molecule has 0 radical (unpaired) electrons. The Morgan fingerprint density at radius 2 is 1.85 bits per heavy atom. The van der Waals surface area contributed by atoms with Gasteiger partial charge in [0, 0.05) is 36.4 Å². The minimum Gasteiger partial charge on any atom is -0.324 e. The molecule has 1 aliphatic carbocycles. The van der Waals surface area contributed by atoms with E-state index in [-0.39, 0.29) is 17.9 Å². The van der Waals surface area contributed by atoms with Crippen molar-refractivity contribution < 1.29 is 9.18 Å². The number of nitrogens with one attached hydrogen (secondary N) is 1. The number of nitrogens with zero attached hydrogens (tertiary/aromatic N) is 2. The van der Waals surface area contributed by atoms with Gasteiger partial charge in [0.2, 0.25) is 0 Å². The highest BCUT2D eigenvalue weighted by Crippen LogP contribution is 2.29. The van der Waals surface area contributed by atoms with Crippen LogP contribution in [0, 0.1) is 5.82 Å². The van der Waals surface area contributed by atoms with E-state index in [0.29, 0.717) is 6.54 Å². The summed E-state index contributed by atoms with van der Waals surface area (Å²) in [6.07, 6.45) is 5.90. The average Bonchev–Trinajstić information content (AvgIpc) is 3.32. The van der Waals surface area contributed by atoms with Crippen LogP contribution in [0.3, 0.4) is 0 Å². The summed E-state index contributed by atoms with van der Waals surface area (Å²) in [6, 6.07) is 18.1. The summed E-state index contributed by atoms with van der Waals surface area (Å²) in [4.78, 5) is 14.6. The van der Waals surface area contributed by atoms with Crippen molar-refractivity contribution in [1.29, 1.82) is 0 Å². The number of hydrogen-bond donors (Lipinski definition) is 1. The van der Waals surface area contributed by atoms with Gasteiger partial charge in [-0.05, 0) is 60.9 Å². The number of urea groups is 1. The average molecular weight is 349 g/mol. The van der Waals surface area contributed by atoms with Gasteiger partial charge in [0.15, 0.2) is 0 Å². The maximum Gasteiger partial charge on any atom is 0.322 e. The van der Waals surface area contributed by atoms with E-state index >= 15 is 0 Å². The van der Waals surface area contributed by atoms with Crippen LogP contribution in [-0.4, -0.2) is 21.5 Å². The van der Waals surface area contributed by atoms with Crippen molar-refractivity contribution >= 4 is 11.7 Å². The zero-order valence-electron chi connectivity index (χ0n) is 14.3. The van der Waals surface area contributed by atoms with Gasteiger partial charge in [-0.3, -0.25) is 0 Å². The van der Waals surface area contributed by atoms with Gasteiger partial charge in [0.05, 0.1) is 0 Å². The Bertz CT molecular complexity index is 903. The topological polar surface area (TPSA) is 37.3 Å². The summed E-state index contributed by atoms with van der Waals surface area (Å²) in [5.41, 5.74) is 2.52. The molecule has 1 N–H and O–H groups in total. The first-order valence-corrected chi connectivity index (χ1v) is 8.74. The molecule has 0 aliphatic heterocycles. The summed E-state index contributed by atoms with van der Waals surface area (Å²) < 4.78 is 15.4. The van der Waals surface area contributed by atoms with Gasteiger partial charge in [-0.1, -0.05) is 18.2 Å². The number of aromatic nitrogens is 1. The van der Waals surface area contributed by atoms with Crippen molar-refractivity contribution in [3.63, 3.8) is 0 Å². The maximum absolute atomic E-state index is 13.4. The highest BCUT2D eigenvalue weighted by Gasteiger charge is 2.32. The third-order valence-corrected chi connectivity index (χ3v) is 4.49. The Hall–Kier alpha value is -3.08. The number of carbonyl (C=O) groups excluding carboxylic acids is 1. The molecular weight excluding hydrogens is 329 g/mol. The predicted molar refractivity (Wildman–Crippen MR) is 99.8 cm³/mol. The van der Waals surface area contributed by atoms with Crippen molar-refractivity contribution in [2.45, 2.75) is 25.4 Å². The standard InChI is InChI=1S/C21H20FN3O/c22-17-6-3-5-16(13-17)15-25(19-9-10-19)21(26)23-18-7-4-8-20(14-18)24-11-1-2-12-24/h1-8,11-14,19H,9-10,15H2,(H,23,26). The second kappa shape index (κ2) is 7.04. The lowest BCUT2D eigenvalue weighted by Crippen LogP contribution is -2.36. The Kier molecular flexibility index (Phi) is 4.44. The molecule has 2 amide bonds. The van der Waals surface area contributed by atoms with E-state index in [1.54, 1.807) is 11.0 Å². The first kappa shape index (κ1) is 16.4. The molecule has 1 heterocycles. The molecule has 2 aromatic carbocycles. The molecule has 1 saturated carbocycles. The third kappa shape index (κ3) is 3.77. The monoisotopic (exact) mass is 349 g/mol. The van der Waals surface area contributed by atoms with Gasteiger partial charge < -0.3 is 14.8 Å². The van der Waals surface area contributed by atoms with Gasteiger partial charge in [-0.15, -0.1) is 0 Å². The van der Waals surface area contributed by atoms with Crippen molar-refractivity contribution in [3.8, 4) is 5.69 Å². The van der Waals surface area contributed by atoms with Crippen LogP contribution in [0.2, 0.25) is 0 Å². The lowest BCUT2D eigenvalue weighted by molar-refractivity contribution is 0.206. The highest BCUT2D eigenvalue weighted by molar-refractivity contribution is 5.90. The van der Waals surface area contributed by atoms with E-state index in [9.17, 15) is 9.18 Å². The van der Waals surface area contributed by atoms with Crippen LogP contribution in [0.5, 0.6) is 0 Å². The molecule has 0 unspecified atom stereocenters. The number of amides is 2. The Balaban J connectivity index is 1.49. The zero-order valence-corrected chi connectivity index (χ0v) is 14.3. The fourth-order valence-electron chi connectivity index (χ4n) is 3.03. The van der Waals surface area contributed by atoms with Crippen LogP contribution >= 0.6 is 0 Å². The molecule has 0 spiro atoms. The minimum atomic E-state index is -0.280. The molecule has 1 aliphatic rings. The largest absolute Gasteiger partial charge is 0.324 e. The second-order valence-corrected chi connectivity index (χ2v) is 6.56. The lowest BCUT2D eigenvalue weighted by Gasteiger charge is -2.23. The minimum absolute atomic E-state index is 0.151. The smallest absolute Gasteiger partial charge is 0.322 e. The summed E-state index contributed by atoms with van der Waals surface area (Å²) >= 11 is 0. The van der Waals surface area contributed by atoms with Gasteiger partial charge in [-0.25, -0.2) is 9.18 Å². The molecule has 0 atom stereocenters. The molecule has 26 heavy (non-hydrogen) atoms. The number of benzene rings is 2. The number of carbonyl (C=O) groups is 1. The Labute approximate surface area is 151 Å². The summed E-state index contributed by atoms with van der Waals surface area (Å²) in [5.74, 6) is -0.280. The van der Waals surface area contributed by atoms with E-state index in [2.05, 4.69) is 5.32 Å². The number of hydrogen-bond acceptors (Lipinski definition) is 1. The first-order valence-electron chi connectivity index (χ1n) is 8.74. The SMILES string of the molecule is O=C(Nc1cccc(-n2cccc2)c1)N(Cc1cccc(F)c1)C1CC1. The first-order chi connectivity index (χ1) is 12.7. The lowest BCUT2D eigenvalue weighted by atomic mass is 10.2. The van der Waals surface area contributed by atoms with Gasteiger partial charge in [0.1, 0.15) is 5.82 Å². The van der Waals surface area contributed by atoms with Gasteiger partial charge >= 0.3 is 6.03 Å². The molecule has 4 nitrogen and oxygen atoms in total. The fourth-order valence-corrected chi connectivity index (χ4v) is 3.03. The van der Waals surface area contributed by atoms with Crippen molar-refractivity contribution in [3.05, 3.63) is 84.4 Å². The normalized spacial score (nSPS) is 13.4.